The van der Waals surface area contributed by atoms with Crippen molar-refractivity contribution in [2.45, 2.75) is 45.7 Å². The zero-order valence-electron chi connectivity index (χ0n) is 11.0. The number of hydrogen-bond donors (Lipinski definition) is 1. The molecule has 1 rings (SSSR count). The van der Waals surface area contributed by atoms with E-state index in [0.29, 0.717) is 6.04 Å². The second-order valence-electron chi connectivity index (χ2n) is 4.88. The van der Waals surface area contributed by atoms with Crippen LogP contribution in [-0.4, -0.2) is 12.6 Å². The molecule has 90 valence electrons. The van der Waals surface area contributed by atoms with E-state index < -0.39 is 0 Å². The molecule has 0 amide bonds. The first kappa shape index (κ1) is 13.0. The highest BCUT2D eigenvalue weighted by Crippen LogP contribution is 2.21. The molecule has 0 aromatic heterocycles. The van der Waals surface area contributed by atoms with E-state index in [1.807, 2.05) is 12.1 Å². The molecule has 0 aliphatic carbocycles. The summed E-state index contributed by atoms with van der Waals surface area (Å²) in [5, 5.41) is 3.62. The lowest BCUT2D eigenvalue weighted by molar-refractivity contribution is 0.336. The largest absolute Gasteiger partial charge is 0.497 e. The lowest BCUT2D eigenvalue weighted by atomic mass is 9.98. The standard InChI is InChI=1S/C14H23NO/c1-6-14(3,4)15-11(2)12-8-7-9-13(10-12)16-5/h7-11,15H,6H2,1-5H3. The van der Waals surface area contributed by atoms with Gasteiger partial charge in [-0.25, -0.2) is 0 Å². The molecule has 1 aromatic carbocycles. The van der Waals surface area contributed by atoms with E-state index in [1.165, 1.54) is 5.56 Å². The number of ether oxygens (including phenoxy) is 1. The van der Waals surface area contributed by atoms with Crippen LogP contribution in [-0.2, 0) is 0 Å². The van der Waals surface area contributed by atoms with Crippen LogP contribution >= 0.6 is 0 Å². The molecule has 0 saturated carbocycles. The van der Waals surface area contributed by atoms with E-state index in [9.17, 15) is 0 Å². The van der Waals surface area contributed by atoms with Crippen LogP contribution in [0.25, 0.3) is 0 Å². The van der Waals surface area contributed by atoms with Crippen molar-refractivity contribution in [3.8, 4) is 5.75 Å². The quantitative estimate of drug-likeness (QED) is 0.821. The maximum absolute atomic E-state index is 5.23. The zero-order valence-corrected chi connectivity index (χ0v) is 11.0. The van der Waals surface area contributed by atoms with Gasteiger partial charge >= 0.3 is 0 Å². The molecule has 1 N–H and O–H groups in total. The van der Waals surface area contributed by atoms with Gasteiger partial charge in [0.2, 0.25) is 0 Å². The predicted molar refractivity (Wildman–Crippen MR) is 68.9 cm³/mol. The lowest BCUT2D eigenvalue weighted by Crippen LogP contribution is -2.40. The molecule has 2 heteroatoms. The second kappa shape index (κ2) is 5.35. The molecule has 0 heterocycles. The van der Waals surface area contributed by atoms with Gasteiger partial charge in [0.25, 0.3) is 0 Å². The van der Waals surface area contributed by atoms with E-state index in [-0.39, 0.29) is 5.54 Å². The molecule has 1 atom stereocenters. The first-order valence-corrected chi connectivity index (χ1v) is 5.90. The Kier molecular flexibility index (Phi) is 4.36. The summed E-state index contributed by atoms with van der Waals surface area (Å²) in [6.45, 7) is 8.84. The highest BCUT2D eigenvalue weighted by Gasteiger charge is 2.18. The number of methoxy groups -OCH3 is 1. The van der Waals surface area contributed by atoms with Crippen molar-refractivity contribution < 1.29 is 4.74 Å². The van der Waals surface area contributed by atoms with Gasteiger partial charge in [0.05, 0.1) is 7.11 Å². The fourth-order valence-corrected chi connectivity index (χ4v) is 1.68. The first-order valence-electron chi connectivity index (χ1n) is 5.90. The Morgan fingerprint density at radius 3 is 2.62 bits per heavy atom. The van der Waals surface area contributed by atoms with Crippen LogP contribution in [0.2, 0.25) is 0 Å². The molecule has 0 aliphatic rings. The minimum absolute atomic E-state index is 0.169. The van der Waals surface area contributed by atoms with Crippen LogP contribution in [0.1, 0.15) is 45.7 Å². The Morgan fingerprint density at radius 1 is 1.38 bits per heavy atom. The summed E-state index contributed by atoms with van der Waals surface area (Å²) in [6.07, 6.45) is 1.11. The highest BCUT2D eigenvalue weighted by atomic mass is 16.5. The molecule has 2 nitrogen and oxygen atoms in total. The molecular formula is C14H23NO. The summed E-state index contributed by atoms with van der Waals surface area (Å²) < 4.78 is 5.23. The summed E-state index contributed by atoms with van der Waals surface area (Å²) in [4.78, 5) is 0. The van der Waals surface area contributed by atoms with E-state index in [1.54, 1.807) is 7.11 Å². The van der Waals surface area contributed by atoms with Crippen LogP contribution < -0.4 is 10.1 Å². The van der Waals surface area contributed by atoms with Crippen LogP contribution in [0.4, 0.5) is 0 Å². The summed E-state index contributed by atoms with van der Waals surface area (Å²) >= 11 is 0. The van der Waals surface area contributed by atoms with Crippen molar-refractivity contribution in [2.24, 2.45) is 0 Å². The fourth-order valence-electron chi connectivity index (χ4n) is 1.68. The molecule has 0 bridgehead atoms. The normalized spacial score (nSPS) is 13.6. The van der Waals surface area contributed by atoms with Crippen molar-refractivity contribution >= 4 is 0 Å². The third-order valence-electron chi connectivity index (χ3n) is 3.08. The van der Waals surface area contributed by atoms with E-state index in [0.717, 1.165) is 12.2 Å². The van der Waals surface area contributed by atoms with Crippen LogP contribution in [0.3, 0.4) is 0 Å². The number of benzene rings is 1. The van der Waals surface area contributed by atoms with Crippen LogP contribution in [0.5, 0.6) is 5.75 Å². The maximum Gasteiger partial charge on any atom is 0.119 e. The van der Waals surface area contributed by atoms with E-state index in [2.05, 4.69) is 45.1 Å². The fraction of sp³-hybridized carbons (Fsp3) is 0.571. The SMILES string of the molecule is CCC(C)(C)NC(C)c1cccc(OC)c1. The molecule has 16 heavy (non-hydrogen) atoms. The zero-order chi connectivity index (χ0) is 12.2. The van der Waals surface area contributed by atoms with Gasteiger partial charge in [-0.05, 0) is 44.9 Å². The summed E-state index contributed by atoms with van der Waals surface area (Å²) in [5.41, 5.74) is 1.43. The number of nitrogens with one attached hydrogen (secondary N) is 1. The van der Waals surface area contributed by atoms with Crippen molar-refractivity contribution in [1.82, 2.24) is 5.32 Å². The Labute approximate surface area is 99.0 Å². The van der Waals surface area contributed by atoms with Gasteiger partial charge in [0, 0.05) is 11.6 Å². The highest BCUT2D eigenvalue weighted by molar-refractivity contribution is 5.30. The minimum atomic E-state index is 0.169. The number of hydrogen-bond acceptors (Lipinski definition) is 2. The summed E-state index contributed by atoms with van der Waals surface area (Å²) in [6, 6.07) is 8.56. The average Bonchev–Trinajstić information content (AvgIpc) is 2.28. The topological polar surface area (TPSA) is 21.3 Å². The summed E-state index contributed by atoms with van der Waals surface area (Å²) in [5.74, 6) is 0.917. The molecule has 0 saturated heterocycles. The number of rotatable bonds is 5. The Hall–Kier alpha value is -1.02. The Morgan fingerprint density at radius 2 is 2.06 bits per heavy atom. The van der Waals surface area contributed by atoms with Crippen LogP contribution in [0.15, 0.2) is 24.3 Å². The van der Waals surface area contributed by atoms with E-state index in [4.69, 9.17) is 4.74 Å². The van der Waals surface area contributed by atoms with Crippen molar-refractivity contribution in [2.75, 3.05) is 7.11 Å². The Bertz CT molecular complexity index is 333. The molecular weight excluding hydrogens is 198 g/mol. The first-order chi connectivity index (χ1) is 7.48. The third-order valence-corrected chi connectivity index (χ3v) is 3.08. The molecule has 0 spiro atoms. The van der Waals surface area contributed by atoms with Gasteiger partial charge in [0.15, 0.2) is 0 Å². The smallest absolute Gasteiger partial charge is 0.119 e. The molecule has 0 radical (unpaired) electrons. The van der Waals surface area contributed by atoms with Crippen molar-refractivity contribution in [1.29, 1.82) is 0 Å². The summed E-state index contributed by atoms with van der Waals surface area (Å²) in [7, 11) is 1.70. The van der Waals surface area contributed by atoms with Gasteiger partial charge in [-0.15, -0.1) is 0 Å². The third kappa shape index (κ3) is 3.53. The molecule has 1 unspecified atom stereocenters. The van der Waals surface area contributed by atoms with Crippen LogP contribution in [0, 0.1) is 0 Å². The Balaban J connectivity index is 2.76. The van der Waals surface area contributed by atoms with Gasteiger partial charge < -0.3 is 10.1 Å². The molecule has 1 aromatic rings. The monoisotopic (exact) mass is 221 g/mol. The van der Waals surface area contributed by atoms with Crippen molar-refractivity contribution in [3.63, 3.8) is 0 Å². The lowest BCUT2D eigenvalue weighted by Gasteiger charge is -2.29. The van der Waals surface area contributed by atoms with Gasteiger partial charge in [-0.1, -0.05) is 19.1 Å². The predicted octanol–water partition coefficient (Wildman–Crippen LogP) is 3.53. The van der Waals surface area contributed by atoms with Gasteiger partial charge in [-0.2, -0.15) is 0 Å². The molecule has 0 aliphatic heterocycles. The maximum atomic E-state index is 5.23. The van der Waals surface area contributed by atoms with E-state index >= 15 is 0 Å². The average molecular weight is 221 g/mol. The van der Waals surface area contributed by atoms with Gasteiger partial charge in [0.1, 0.15) is 5.75 Å². The minimum Gasteiger partial charge on any atom is -0.497 e. The second-order valence-corrected chi connectivity index (χ2v) is 4.88. The molecule has 0 fully saturated rings. The van der Waals surface area contributed by atoms with Gasteiger partial charge in [-0.3, -0.25) is 0 Å². The van der Waals surface area contributed by atoms with Crippen molar-refractivity contribution in [3.05, 3.63) is 29.8 Å².